The van der Waals surface area contributed by atoms with Gasteiger partial charge in [0.05, 0.1) is 16.1 Å². The summed E-state index contributed by atoms with van der Waals surface area (Å²) in [6.45, 7) is 0.722. The number of benzene rings is 1. The van der Waals surface area contributed by atoms with Crippen molar-refractivity contribution in [3.63, 3.8) is 0 Å². The van der Waals surface area contributed by atoms with E-state index in [4.69, 9.17) is 0 Å². The molecule has 1 aromatic carbocycles. The fraction of sp³-hybridized carbons (Fsp3) is 0.538. The van der Waals surface area contributed by atoms with Gasteiger partial charge in [-0.1, -0.05) is 6.07 Å². The third kappa shape index (κ3) is 4.19. The molecule has 0 amide bonds. The number of aliphatic hydroxyl groups is 1. The highest BCUT2D eigenvalue weighted by molar-refractivity contribution is 7.89. The second-order valence-electron chi connectivity index (χ2n) is 5.35. The van der Waals surface area contributed by atoms with Crippen molar-refractivity contribution < 1.29 is 26.7 Å². The molecule has 0 aromatic heterocycles. The minimum absolute atomic E-state index is 0.234. The smallest absolute Gasteiger partial charge is 0.387 e. The molecule has 1 aromatic rings. The van der Waals surface area contributed by atoms with E-state index in [9.17, 15) is 26.7 Å². The summed E-state index contributed by atoms with van der Waals surface area (Å²) < 4.78 is 64.2. The fourth-order valence-corrected chi connectivity index (χ4v) is 3.42. The van der Waals surface area contributed by atoms with Crippen molar-refractivity contribution in [3.8, 4) is 0 Å². The topological polar surface area (TPSA) is 78.4 Å². The molecule has 2 rings (SSSR count). The molecule has 1 heterocycles. The van der Waals surface area contributed by atoms with Crippen LogP contribution < -0.4 is 10.0 Å². The zero-order valence-corrected chi connectivity index (χ0v) is 12.5. The molecule has 0 unspecified atom stereocenters. The molecule has 5 nitrogen and oxygen atoms in total. The van der Waals surface area contributed by atoms with Crippen molar-refractivity contribution in [2.24, 2.45) is 0 Å². The highest BCUT2D eigenvalue weighted by Crippen LogP contribution is 2.30. The lowest BCUT2D eigenvalue weighted by molar-refractivity contribution is -0.137. The van der Waals surface area contributed by atoms with Gasteiger partial charge in [-0.25, -0.2) is 13.1 Å². The molecular formula is C13H17F3N2O3S. The second-order valence-corrected chi connectivity index (χ2v) is 7.12. The van der Waals surface area contributed by atoms with Crippen LogP contribution in [0.25, 0.3) is 0 Å². The van der Waals surface area contributed by atoms with Gasteiger partial charge in [0.25, 0.3) is 0 Å². The van der Waals surface area contributed by atoms with E-state index in [0.29, 0.717) is 18.9 Å². The Hall–Kier alpha value is -1.16. The first-order valence-corrected chi connectivity index (χ1v) is 8.21. The SMILES string of the molecule is O=S(=O)(NC[C@]1(O)CCCNC1)c1cccc(C(F)(F)F)c1. The van der Waals surface area contributed by atoms with Crippen molar-refractivity contribution >= 4 is 10.0 Å². The maximum atomic E-state index is 12.6. The van der Waals surface area contributed by atoms with Crippen molar-refractivity contribution in [1.82, 2.24) is 10.0 Å². The van der Waals surface area contributed by atoms with Crippen LogP contribution in [-0.2, 0) is 16.2 Å². The molecule has 0 aliphatic carbocycles. The lowest BCUT2D eigenvalue weighted by Crippen LogP contribution is -2.52. The molecule has 1 atom stereocenters. The van der Waals surface area contributed by atoms with Crippen molar-refractivity contribution in [2.45, 2.75) is 29.5 Å². The molecule has 22 heavy (non-hydrogen) atoms. The van der Waals surface area contributed by atoms with Gasteiger partial charge in [-0.2, -0.15) is 13.2 Å². The Bertz CT molecular complexity index is 626. The van der Waals surface area contributed by atoms with Crippen molar-refractivity contribution in [1.29, 1.82) is 0 Å². The minimum Gasteiger partial charge on any atom is -0.387 e. The number of rotatable bonds is 4. The van der Waals surface area contributed by atoms with Crippen molar-refractivity contribution in [2.75, 3.05) is 19.6 Å². The van der Waals surface area contributed by atoms with Gasteiger partial charge in [0.2, 0.25) is 10.0 Å². The molecule has 1 saturated heterocycles. The number of piperidine rings is 1. The molecule has 9 heteroatoms. The van der Waals surface area contributed by atoms with Crippen LogP contribution in [0.5, 0.6) is 0 Å². The van der Waals surface area contributed by atoms with Crippen LogP contribution in [0.4, 0.5) is 13.2 Å². The number of β-amino-alcohol motifs (C(OH)–C–C–N with tert-alkyl or cyclic N) is 1. The Kier molecular flexibility index (Phi) is 4.81. The molecular weight excluding hydrogens is 321 g/mol. The molecule has 3 N–H and O–H groups in total. The number of alkyl halides is 3. The number of hydrogen-bond donors (Lipinski definition) is 3. The van der Waals surface area contributed by atoms with Gasteiger partial charge in [-0.05, 0) is 37.6 Å². The fourth-order valence-electron chi connectivity index (χ4n) is 2.26. The largest absolute Gasteiger partial charge is 0.416 e. The van der Waals surface area contributed by atoms with E-state index >= 15 is 0 Å². The van der Waals surface area contributed by atoms with Crippen LogP contribution in [0.1, 0.15) is 18.4 Å². The maximum Gasteiger partial charge on any atom is 0.416 e. The number of hydrogen-bond acceptors (Lipinski definition) is 4. The first-order valence-electron chi connectivity index (χ1n) is 6.72. The van der Waals surface area contributed by atoms with Crippen molar-refractivity contribution in [3.05, 3.63) is 29.8 Å². The van der Waals surface area contributed by atoms with E-state index in [1.54, 1.807) is 0 Å². The molecule has 0 bridgehead atoms. The Morgan fingerprint density at radius 2 is 2.09 bits per heavy atom. The molecule has 1 fully saturated rings. The zero-order valence-electron chi connectivity index (χ0n) is 11.7. The normalized spacial score (nSPS) is 23.5. The summed E-state index contributed by atoms with van der Waals surface area (Å²) in [6.07, 6.45) is -3.50. The molecule has 0 radical (unpaired) electrons. The number of halogens is 3. The Labute approximate surface area is 126 Å². The van der Waals surface area contributed by atoms with Crippen LogP contribution >= 0.6 is 0 Å². The second kappa shape index (κ2) is 6.15. The van der Waals surface area contributed by atoms with Crippen LogP contribution in [-0.4, -0.2) is 38.8 Å². The minimum atomic E-state index is -4.61. The lowest BCUT2D eigenvalue weighted by Gasteiger charge is -2.32. The predicted molar refractivity (Wildman–Crippen MR) is 73.7 cm³/mol. The van der Waals surface area contributed by atoms with Gasteiger partial charge in [-0.3, -0.25) is 0 Å². The maximum absolute atomic E-state index is 12.6. The van der Waals surface area contributed by atoms with E-state index < -0.39 is 32.3 Å². The quantitative estimate of drug-likeness (QED) is 0.768. The average Bonchev–Trinajstić information content (AvgIpc) is 2.46. The summed E-state index contributed by atoms with van der Waals surface area (Å²) in [6, 6.07) is 3.50. The van der Waals surface area contributed by atoms with Gasteiger partial charge in [0.1, 0.15) is 0 Å². The zero-order chi connectivity index (χ0) is 16.4. The Morgan fingerprint density at radius 1 is 1.36 bits per heavy atom. The summed E-state index contributed by atoms with van der Waals surface area (Å²) >= 11 is 0. The molecule has 0 saturated carbocycles. The van der Waals surface area contributed by atoms with E-state index in [1.807, 2.05) is 0 Å². The van der Waals surface area contributed by atoms with E-state index in [-0.39, 0.29) is 13.1 Å². The van der Waals surface area contributed by atoms with Crippen LogP contribution in [0, 0.1) is 0 Å². The lowest BCUT2D eigenvalue weighted by atomic mass is 9.95. The molecule has 0 spiro atoms. The van der Waals surface area contributed by atoms with E-state index in [2.05, 4.69) is 10.0 Å². The van der Waals surface area contributed by atoms with Gasteiger partial charge >= 0.3 is 6.18 Å². The van der Waals surface area contributed by atoms with E-state index in [1.165, 1.54) is 0 Å². The number of nitrogens with one attached hydrogen (secondary N) is 2. The van der Waals surface area contributed by atoms with Crippen LogP contribution in [0.15, 0.2) is 29.2 Å². The summed E-state index contributed by atoms with van der Waals surface area (Å²) in [5.41, 5.74) is -2.26. The van der Waals surface area contributed by atoms with Crippen LogP contribution in [0.3, 0.4) is 0 Å². The number of sulfonamides is 1. The van der Waals surface area contributed by atoms with E-state index in [0.717, 1.165) is 24.7 Å². The summed E-state index contributed by atoms with van der Waals surface area (Å²) in [7, 11) is -4.12. The van der Waals surface area contributed by atoms with Gasteiger partial charge in [-0.15, -0.1) is 0 Å². The highest BCUT2D eigenvalue weighted by atomic mass is 32.2. The van der Waals surface area contributed by atoms with Gasteiger partial charge in [0.15, 0.2) is 0 Å². The third-order valence-corrected chi connectivity index (χ3v) is 4.91. The summed E-state index contributed by atoms with van der Waals surface area (Å²) in [5, 5.41) is 13.1. The monoisotopic (exact) mass is 338 g/mol. The summed E-state index contributed by atoms with van der Waals surface area (Å²) in [4.78, 5) is -0.477. The van der Waals surface area contributed by atoms with Gasteiger partial charge in [0, 0.05) is 13.1 Å². The third-order valence-electron chi connectivity index (χ3n) is 3.51. The summed E-state index contributed by atoms with van der Waals surface area (Å²) in [5.74, 6) is 0. The molecule has 1 aliphatic heterocycles. The highest BCUT2D eigenvalue weighted by Gasteiger charge is 2.33. The van der Waals surface area contributed by atoms with Crippen LogP contribution in [0.2, 0.25) is 0 Å². The predicted octanol–water partition coefficient (Wildman–Crippen LogP) is 1.10. The van der Waals surface area contributed by atoms with Gasteiger partial charge < -0.3 is 10.4 Å². The first-order chi connectivity index (χ1) is 10.1. The first kappa shape index (κ1) is 17.2. The standard InChI is InChI=1S/C13H17F3N2O3S/c14-13(15,16)10-3-1-4-11(7-10)22(20,21)18-9-12(19)5-2-6-17-8-12/h1,3-4,7,17-19H,2,5-6,8-9H2/t12-/m0/s1. The Morgan fingerprint density at radius 3 is 2.68 bits per heavy atom. The average molecular weight is 338 g/mol. The molecule has 124 valence electrons. The Balaban J connectivity index is 2.13. The molecule has 1 aliphatic rings.